The molecule has 6 nitrogen and oxygen atoms in total. The van der Waals surface area contributed by atoms with Crippen LogP contribution in [-0.4, -0.2) is 62.3 Å². The molecule has 3 aromatic rings. The van der Waals surface area contributed by atoms with Gasteiger partial charge in [-0.2, -0.15) is 0 Å². The van der Waals surface area contributed by atoms with Crippen molar-refractivity contribution >= 4 is 16.7 Å². The van der Waals surface area contributed by atoms with Crippen molar-refractivity contribution in [3.63, 3.8) is 0 Å². The Hall–Kier alpha value is -3.25. The number of carbonyl (C=O) groups is 1. The Morgan fingerprint density at radius 1 is 0.897 bits per heavy atom. The number of likely N-dealkylation sites (tertiary alicyclic amines) is 1. The number of rotatable bonds is 2. The summed E-state index contributed by atoms with van der Waals surface area (Å²) in [6.07, 6.45) is 4.23. The van der Waals surface area contributed by atoms with Crippen LogP contribution in [0.5, 0.6) is 17.2 Å². The summed E-state index contributed by atoms with van der Waals surface area (Å²) >= 11 is 0. The number of piperidine rings is 1. The Morgan fingerprint density at radius 2 is 1.44 bits per heavy atom. The molecule has 0 unspecified atom stereocenters. The smallest absolute Gasteiger partial charge is 0.231 e. The van der Waals surface area contributed by atoms with Crippen LogP contribution in [0.15, 0.2) is 54.6 Å². The van der Waals surface area contributed by atoms with Crippen LogP contribution in [0.2, 0.25) is 0 Å². The number of benzene rings is 3. The van der Waals surface area contributed by atoms with Gasteiger partial charge in [-0.3, -0.25) is 9.69 Å². The van der Waals surface area contributed by atoms with Gasteiger partial charge in [-0.25, -0.2) is 0 Å². The third-order valence-electron chi connectivity index (χ3n) is 7.10. The maximum Gasteiger partial charge on any atom is 0.231 e. The molecule has 3 aromatic carbocycles. The Bertz CT molecular complexity index is 1170. The summed E-state index contributed by atoms with van der Waals surface area (Å²) < 4.78 is 15.4. The van der Waals surface area contributed by atoms with E-state index in [0.717, 1.165) is 29.3 Å². The molecule has 0 aromatic heterocycles. The van der Waals surface area contributed by atoms with Crippen LogP contribution in [-0.2, 0) is 4.79 Å². The minimum absolute atomic E-state index is 0.0926. The van der Waals surface area contributed by atoms with E-state index in [1.165, 1.54) is 59.5 Å². The molecular weight excluding hydrogens is 488 g/mol. The predicted octanol–water partition coefficient (Wildman–Crippen LogP) is 7.24. The molecule has 5 rings (SSSR count). The molecule has 214 valence electrons. The fraction of sp³-hybridized carbons (Fsp3) is 0.485. The molecule has 1 saturated heterocycles. The number of hydrogen-bond acceptors (Lipinski definition) is 5. The van der Waals surface area contributed by atoms with E-state index in [1.54, 1.807) is 21.2 Å². The molecule has 0 aliphatic carbocycles. The Kier molecular flexibility index (Phi) is 13.1. The van der Waals surface area contributed by atoms with E-state index < -0.39 is 0 Å². The third-order valence-corrected chi connectivity index (χ3v) is 7.10. The van der Waals surface area contributed by atoms with Gasteiger partial charge in [0, 0.05) is 33.1 Å². The summed E-state index contributed by atoms with van der Waals surface area (Å²) in [7, 11) is 5.14. The molecule has 0 radical (unpaired) electrons. The number of aryl methyl sites for hydroxylation is 2. The Morgan fingerprint density at radius 3 is 2.00 bits per heavy atom. The molecular formula is C33H48N2O4. The zero-order chi connectivity index (χ0) is 28.9. The molecule has 1 amide bonds. The fourth-order valence-corrected chi connectivity index (χ4v) is 4.57. The van der Waals surface area contributed by atoms with Crippen molar-refractivity contribution in [1.82, 2.24) is 9.80 Å². The largest absolute Gasteiger partial charge is 0.497 e. The molecule has 0 spiro atoms. The average molecular weight is 537 g/mol. The van der Waals surface area contributed by atoms with Crippen molar-refractivity contribution in [2.75, 3.05) is 34.5 Å². The van der Waals surface area contributed by atoms with E-state index in [-0.39, 0.29) is 5.91 Å². The van der Waals surface area contributed by atoms with Gasteiger partial charge in [0.2, 0.25) is 12.7 Å². The first-order valence-corrected chi connectivity index (χ1v) is 13.9. The lowest BCUT2D eigenvalue weighted by molar-refractivity contribution is -0.126. The molecule has 0 N–H and O–H groups in total. The van der Waals surface area contributed by atoms with Gasteiger partial charge in [-0.1, -0.05) is 49.2 Å². The average Bonchev–Trinajstić information content (AvgIpc) is 3.37. The number of methoxy groups -OCH3 is 1. The van der Waals surface area contributed by atoms with Crippen LogP contribution in [0, 0.1) is 13.8 Å². The number of ether oxygens (including phenoxy) is 3. The second-order valence-corrected chi connectivity index (χ2v) is 10.4. The lowest BCUT2D eigenvalue weighted by Gasteiger charge is -2.38. The van der Waals surface area contributed by atoms with Crippen LogP contribution in [0.3, 0.4) is 0 Å². The molecule has 2 aliphatic heterocycles. The van der Waals surface area contributed by atoms with E-state index in [4.69, 9.17) is 14.2 Å². The van der Waals surface area contributed by atoms with Gasteiger partial charge in [0.05, 0.1) is 7.11 Å². The highest BCUT2D eigenvalue weighted by Gasteiger charge is 2.22. The standard InChI is InChI=1S/C12H12O.C9H19N.C8H8O2.C4H9NO/c1-9-3-4-11-8-12(13-2)6-5-10(11)7-9;1-4-10-8(2)6-5-7-9(10)3;1-6-2-3-7-8(4-6)10-5-9-7;1-4(6)5(2)3/h3-8H,1-2H3;8-9H,4-7H2,1-3H3;2-4H,5H2,1H3;1-3H3/t;8-,9+;;. The first-order valence-electron chi connectivity index (χ1n) is 13.9. The number of fused-ring (bicyclic) bond motifs is 2. The topological polar surface area (TPSA) is 51.2 Å². The Balaban J connectivity index is 0.000000189. The summed E-state index contributed by atoms with van der Waals surface area (Å²) in [5.41, 5.74) is 2.49. The highest BCUT2D eigenvalue weighted by atomic mass is 16.7. The zero-order valence-electron chi connectivity index (χ0n) is 25.4. The second kappa shape index (κ2) is 16.0. The quantitative estimate of drug-likeness (QED) is 0.345. The highest BCUT2D eigenvalue weighted by Crippen LogP contribution is 2.32. The van der Waals surface area contributed by atoms with Gasteiger partial charge in [0.25, 0.3) is 0 Å². The van der Waals surface area contributed by atoms with Crippen molar-refractivity contribution < 1.29 is 19.0 Å². The molecule has 2 heterocycles. The summed E-state index contributed by atoms with van der Waals surface area (Å²) in [5.74, 6) is 2.72. The maximum absolute atomic E-state index is 10.1. The van der Waals surface area contributed by atoms with Crippen LogP contribution < -0.4 is 14.2 Å². The van der Waals surface area contributed by atoms with E-state index in [9.17, 15) is 4.79 Å². The minimum Gasteiger partial charge on any atom is -0.497 e. The molecule has 1 fully saturated rings. The van der Waals surface area contributed by atoms with E-state index in [1.807, 2.05) is 31.2 Å². The lowest BCUT2D eigenvalue weighted by atomic mass is 9.98. The summed E-state index contributed by atoms with van der Waals surface area (Å²) in [6.45, 7) is 14.2. The molecule has 2 atom stereocenters. The van der Waals surface area contributed by atoms with Gasteiger partial charge in [-0.05, 0) is 87.7 Å². The monoisotopic (exact) mass is 536 g/mol. The lowest BCUT2D eigenvalue weighted by Crippen LogP contribution is -2.43. The fourth-order valence-electron chi connectivity index (χ4n) is 4.57. The summed E-state index contributed by atoms with van der Waals surface area (Å²) in [5, 5.41) is 2.49. The van der Waals surface area contributed by atoms with Crippen molar-refractivity contribution in [2.45, 2.75) is 72.9 Å². The van der Waals surface area contributed by atoms with Gasteiger partial charge in [0.1, 0.15) is 5.75 Å². The first kappa shape index (κ1) is 32.0. The SMILES string of the molecule is CC(=O)N(C)C.CCN1[C@H](C)CCC[C@@H]1C.COc1ccc2cc(C)ccc2c1.Cc1ccc2c(c1)OCO2. The summed E-state index contributed by atoms with van der Waals surface area (Å²) in [6, 6.07) is 20.1. The van der Waals surface area contributed by atoms with Gasteiger partial charge in [-0.15, -0.1) is 0 Å². The van der Waals surface area contributed by atoms with Crippen molar-refractivity contribution in [3.05, 3.63) is 65.7 Å². The van der Waals surface area contributed by atoms with Crippen molar-refractivity contribution in [1.29, 1.82) is 0 Å². The van der Waals surface area contributed by atoms with Crippen LogP contribution in [0.25, 0.3) is 10.8 Å². The maximum atomic E-state index is 10.1. The molecule has 39 heavy (non-hydrogen) atoms. The second-order valence-electron chi connectivity index (χ2n) is 10.4. The molecule has 0 saturated carbocycles. The van der Waals surface area contributed by atoms with Gasteiger partial charge >= 0.3 is 0 Å². The normalized spacial score (nSPS) is 17.5. The number of nitrogens with zero attached hydrogens (tertiary/aromatic N) is 2. The molecule has 0 bridgehead atoms. The van der Waals surface area contributed by atoms with Crippen LogP contribution in [0.4, 0.5) is 0 Å². The predicted molar refractivity (Wildman–Crippen MR) is 162 cm³/mol. The van der Waals surface area contributed by atoms with Crippen LogP contribution >= 0.6 is 0 Å². The molecule has 6 heteroatoms. The third kappa shape index (κ3) is 10.4. The van der Waals surface area contributed by atoms with Gasteiger partial charge < -0.3 is 19.1 Å². The van der Waals surface area contributed by atoms with Crippen molar-refractivity contribution in [2.24, 2.45) is 0 Å². The summed E-state index contributed by atoms with van der Waals surface area (Å²) in [4.78, 5) is 14.2. The van der Waals surface area contributed by atoms with Crippen LogP contribution in [0.1, 0.15) is 58.1 Å². The first-order chi connectivity index (χ1) is 18.5. The van der Waals surface area contributed by atoms with E-state index in [0.29, 0.717) is 6.79 Å². The number of hydrogen-bond donors (Lipinski definition) is 0. The van der Waals surface area contributed by atoms with E-state index in [2.05, 4.69) is 62.9 Å². The van der Waals surface area contributed by atoms with Gasteiger partial charge in [0.15, 0.2) is 11.5 Å². The zero-order valence-corrected chi connectivity index (χ0v) is 25.4. The van der Waals surface area contributed by atoms with E-state index >= 15 is 0 Å². The molecule has 2 aliphatic rings. The van der Waals surface area contributed by atoms with Crippen molar-refractivity contribution in [3.8, 4) is 17.2 Å². The Labute approximate surface area is 235 Å². The highest BCUT2D eigenvalue weighted by molar-refractivity contribution is 5.84. The number of carbonyl (C=O) groups excluding carboxylic acids is 1. The number of amides is 1. The minimum atomic E-state index is 0.0926.